The molecular formula is C17H34O3Si. The molecule has 0 fully saturated rings. The molecule has 0 unspecified atom stereocenters. The largest absolute Gasteiger partial charge is 0.462 e. The lowest BCUT2D eigenvalue weighted by molar-refractivity contribution is -0.139. The quantitative estimate of drug-likeness (QED) is 0.206. The van der Waals surface area contributed by atoms with E-state index in [4.69, 9.17) is 9.16 Å². The van der Waals surface area contributed by atoms with E-state index in [1.807, 2.05) is 7.11 Å². The second-order valence-corrected chi connectivity index (χ2v) is 10.9. The Hall–Kier alpha value is -0.613. The standard InChI is InChI=1S/C17H34O3Si/c1-16(2)17(18)20-14-12-10-8-6-7-9-11-13-15-21(4,5)19-3/h1,6-15H2,2-5H3. The van der Waals surface area contributed by atoms with Gasteiger partial charge in [-0.2, -0.15) is 0 Å². The van der Waals surface area contributed by atoms with Gasteiger partial charge in [0.15, 0.2) is 8.32 Å². The minimum atomic E-state index is -1.33. The number of ether oxygens (including phenoxy) is 1. The molecule has 0 saturated heterocycles. The van der Waals surface area contributed by atoms with Crippen LogP contribution in [0.3, 0.4) is 0 Å². The monoisotopic (exact) mass is 314 g/mol. The van der Waals surface area contributed by atoms with Crippen molar-refractivity contribution >= 4 is 14.3 Å². The first-order chi connectivity index (χ1) is 9.89. The number of carbonyl (C=O) groups is 1. The highest BCUT2D eigenvalue weighted by Gasteiger charge is 2.18. The Balaban J connectivity index is 3.23. The summed E-state index contributed by atoms with van der Waals surface area (Å²) in [6.07, 6.45) is 9.93. The summed E-state index contributed by atoms with van der Waals surface area (Å²) in [6.45, 7) is 10.3. The van der Waals surface area contributed by atoms with Crippen LogP contribution in [0.4, 0.5) is 0 Å². The van der Waals surface area contributed by atoms with Gasteiger partial charge in [-0.3, -0.25) is 0 Å². The zero-order chi connectivity index (χ0) is 16.1. The Morgan fingerprint density at radius 2 is 1.43 bits per heavy atom. The Bertz CT molecular complexity index is 300. The van der Waals surface area contributed by atoms with Gasteiger partial charge in [-0.05, 0) is 32.5 Å². The third-order valence-electron chi connectivity index (χ3n) is 3.81. The molecule has 0 spiro atoms. The molecule has 0 amide bonds. The minimum Gasteiger partial charge on any atom is -0.462 e. The Labute approximate surface area is 132 Å². The van der Waals surface area contributed by atoms with Gasteiger partial charge in [0.25, 0.3) is 0 Å². The van der Waals surface area contributed by atoms with E-state index in [2.05, 4.69) is 19.7 Å². The van der Waals surface area contributed by atoms with Crippen LogP contribution in [0.15, 0.2) is 12.2 Å². The highest BCUT2D eigenvalue weighted by molar-refractivity contribution is 6.71. The van der Waals surface area contributed by atoms with Gasteiger partial charge in [-0.1, -0.05) is 51.5 Å². The van der Waals surface area contributed by atoms with Crippen LogP contribution in [0.25, 0.3) is 0 Å². The lowest BCUT2D eigenvalue weighted by Crippen LogP contribution is -2.27. The molecule has 3 nitrogen and oxygen atoms in total. The Morgan fingerprint density at radius 1 is 0.952 bits per heavy atom. The van der Waals surface area contributed by atoms with Gasteiger partial charge in [0.2, 0.25) is 0 Å². The number of unbranched alkanes of at least 4 members (excludes halogenated alkanes) is 7. The fourth-order valence-corrected chi connectivity index (χ4v) is 3.41. The molecule has 0 aromatic heterocycles. The summed E-state index contributed by atoms with van der Waals surface area (Å²) in [4.78, 5) is 11.1. The molecule has 0 radical (unpaired) electrons. The first kappa shape index (κ1) is 20.4. The van der Waals surface area contributed by atoms with E-state index in [0.717, 1.165) is 12.8 Å². The van der Waals surface area contributed by atoms with Crippen LogP contribution < -0.4 is 0 Å². The average Bonchev–Trinajstić information content (AvgIpc) is 2.44. The van der Waals surface area contributed by atoms with Crippen molar-refractivity contribution in [1.29, 1.82) is 0 Å². The van der Waals surface area contributed by atoms with Crippen LogP contribution in [0, 0.1) is 0 Å². The molecule has 0 aliphatic heterocycles. The molecule has 0 heterocycles. The predicted octanol–water partition coefficient (Wildman–Crippen LogP) is 5.08. The van der Waals surface area contributed by atoms with Gasteiger partial charge in [0.1, 0.15) is 0 Å². The lowest BCUT2D eigenvalue weighted by atomic mass is 10.1. The van der Waals surface area contributed by atoms with E-state index in [-0.39, 0.29) is 5.97 Å². The Kier molecular flexibility index (Phi) is 11.6. The highest BCUT2D eigenvalue weighted by Crippen LogP contribution is 2.16. The van der Waals surface area contributed by atoms with Crippen LogP contribution in [0.5, 0.6) is 0 Å². The second kappa shape index (κ2) is 12.0. The second-order valence-electron chi connectivity index (χ2n) is 6.46. The van der Waals surface area contributed by atoms with Gasteiger partial charge < -0.3 is 9.16 Å². The van der Waals surface area contributed by atoms with E-state index in [1.54, 1.807) is 6.92 Å². The van der Waals surface area contributed by atoms with Crippen molar-refractivity contribution in [3.8, 4) is 0 Å². The van der Waals surface area contributed by atoms with Crippen LogP contribution in [-0.2, 0) is 14.0 Å². The van der Waals surface area contributed by atoms with Crippen molar-refractivity contribution in [2.24, 2.45) is 0 Å². The predicted molar refractivity (Wildman–Crippen MR) is 92.0 cm³/mol. The fraction of sp³-hybridized carbons (Fsp3) is 0.824. The molecule has 0 rings (SSSR count). The lowest BCUT2D eigenvalue weighted by Gasteiger charge is -2.19. The number of hydrogen-bond donors (Lipinski definition) is 0. The van der Waals surface area contributed by atoms with Crippen molar-refractivity contribution in [3.05, 3.63) is 12.2 Å². The summed E-state index contributed by atoms with van der Waals surface area (Å²) >= 11 is 0. The van der Waals surface area contributed by atoms with Gasteiger partial charge in [0, 0.05) is 12.7 Å². The average molecular weight is 315 g/mol. The van der Waals surface area contributed by atoms with E-state index < -0.39 is 8.32 Å². The molecule has 0 atom stereocenters. The summed E-state index contributed by atoms with van der Waals surface area (Å²) in [6, 6.07) is 1.28. The van der Waals surface area contributed by atoms with E-state index >= 15 is 0 Å². The van der Waals surface area contributed by atoms with Crippen LogP contribution in [-0.4, -0.2) is 28.0 Å². The van der Waals surface area contributed by atoms with E-state index in [0.29, 0.717) is 12.2 Å². The van der Waals surface area contributed by atoms with Gasteiger partial charge >= 0.3 is 5.97 Å². The van der Waals surface area contributed by atoms with Crippen molar-refractivity contribution in [2.75, 3.05) is 13.7 Å². The summed E-state index contributed by atoms with van der Waals surface area (Å²) in [5.41, 5.74) is 0.481. The maximum Gasteiger partial charge on any atom is 0.333 e. The maximum atomic E-state index is 11.1. The first-order valence-electron chi connectivity index (χ1n) is 8.27. The van der Waals surface area contributed by atoms with Crippen molar-refractivity contribution in [2.45, 2.75) is 77.4 Å². The normalized spacial score (nSPS) is 11.4. The number of esters is 1. The smallest absolute Gasteiger partial charge is 0.333 e. The SMILES string of the molecule is C=C(C)C(=O)OCCCCCCCCCC[Si](C)(C)OC. The summed E-state index contributed by atoms with van der Waals surface area (Å²) in [7, 11) is 0.514. The molecule has 124 valence electrons. The molecule has 0 saturated carbocycles. The topological polar surface area (TPSA) is 35.5 Å². The molecule has 0 aromatic rings. The van der Waals surface area contributed by atoms with Gasteiger partial charge in [0.05, 0.1) is 6.61 Å². The maximum absolute atomic E-state index is 11.1. The molecule has 0 bridgehead atoms. The van der Waals surface area contributed by atoms with Crippen molar-refractivity contribution < 1.29 is 14.0 Å². The molecule has 0 aliphatic rings. The third-order valence-corrected chi connectivity index (χ3v) is 6.47. The zero-order valence-corrected chi connectivity index (χ0v) is 15.5. The number of carbonyl (C=O) groups excluding carboxylic acids is 1. The molecule has 0 N–H and O–H groups in total. The third kappa shape index (κ3) is 12.8. The van der Waals surface area contributed by atoms with Crippen molar-refractivity contribution in [3.63, 3.8) is 0 Å². The van der Waals surface area contributed by atoms with E-state index in [9.17, 15) is 4.79 Å². The summed E-state index contributed by atoms with van der Waals surface area (Å²) < 4.78 is 10.6. The summed E-state index contributed by atoms with van der Waals surface area (Å²) in [5, 5.41) is 0. The van der Waals surface area contributed by atoms with Gasteiger partial charge in [-0.25, -0.2) is 4.79 Å². The molecule has 0 aliphatic carbocycles. The number of hydrogen-bond acceptors (Lipinski definition) is 3. The summed E-state index contributed by atoms with van der Waals surface area (Å²) in [5.74, 6) is -0.266. The molecule has 0 aromatic carbocycles. The van der Waals surface area contributed by atoms with Crippen LogP contribution in [0.2, 0.25) is 19.1 Å². The minimum absolute atomic E-state index is 0.266. The van der Waals surface area contributed by atoms with Crippen molar-refractivity contribution in [1.82, 2.24) is 0 Å². The first-order valence-corrected chi connectivity index (χ1v) is 11.4. The highest BCUT2D eigenvalue weighted by atomic mass is 28.4. The zero-order valence-electron chi connectivity index (χ0n) is 14.5. The number of rotatable bonds is 13. The molecule has 4 heteroatoms. The van der Waals surface area contributed by atoms with Crippen LogP contribution in [0.1, 0.15) is 58.3 Å². The van der Waals surface area contributed by atoms with Crippen LogP contribution >= 0.6 is 0 Å². The fourth-order valence-electron chi connectivity index (χ4n) is 2.10. The van der Waals surface area contributed by atoms with E-state index in [1.165, 1.54) is 44.6 Å². The Morgan fingerprint density at radius 3 is 1.90 bits per heavy atom. The molecule has 21 heavy (non-hydrogen) atoms. The van der Waals surface area contributed by atoms with Gasteiger partial charge in [-0.15, -0.1) is 0 Å². The molecular weight excluding hydrogens is 280 g/mol.